The molecule has 0 radical (unpaired) electrons. The summed E-state index contributed by atoms with van der Waals surface area (Å²) in [5, 5.41) is 26.2. The van der Waals surface area contributed by atoms with Gasteiger partial charge in [-0.3, -0.25) is 32.5 Å². The third kappa shape index (κ3) is 14.2. The number of phosphoric ester groups is 3. The van der Waals surface area contributed by atoms with Gasteiger partial charge in [0, 0.05) is 30.7 Å². The van der Waals surface area contributed by atoms with Crippen LogP contribution in [-0.2, 0) is 50.7 Å². The third-order valence-electron chi connectivity index (χ3n) is 8.24. The summed E-state index contributed by atoms with van der Waals surface area (Å²) >= 11 is 1.03. The minimum absolute atomic E-state index is 0.0296. The molecule has 3 unspecified atom stereocenters. The number of carbonyl (C=O) groups excluding carboxylic acids is 3. The van der Waals surface area contributed by atoms with Crippen LogP contribution in [0, 0.1) is 11.3 Å². The molecule has 2 aromatic heterocycles. The number of nitrogens with zero attached hydrogens (tertiary/aromatic N) is 4. The minimum atomic E-state index is -5.57. The fraction of sp³-hybridized carbons (Fsp3) is 0.533. The van der Waals surface area contributed by atoms with Crippen molar-refractivity contribution in [3.8, 4) is 0 Å². The van der Waals surface area contributed by atoms with E-state index in [2.05, 4.69) is 34.4 Å². The number of aliphatic hydroxyl groups excluding tert-OH is 2. The Kier molecular flexibility index (Phi) is 16.7. The van der Waals surface area contributed by atoms with E-state index in [1.165, 1.54) is 19.9 Å². The first-order chi connectivity index (χ1) is 27.1. The van der Waals surface area contributed by atoms with Crippen molar-refractivity contribution in [1.29, 1.82) is 0 Å². The van der Waals surface area contributed by atoms with Crippen LogP contribution in [0.2, 0.25) is 0 Å². The molecule has 1 fully saturated rings. The monoisotopic (exact) mass is 899 g/mol. The van der Waals surface area contributed by atoms with Crippen LogP contribution in [0.1, 0.15) is 32.9 Å². The average molecular weight is 900 g/mol. The predicted octanol–water partition coefficient (Wildman–Crippen LogP) is 0.353. The van der Waals surface area contributed by atoms with Gasteiger partial charge >= 0.3 is 23.5 Å². The van der Waals surface area contributed by atoms with Gasteiger partial charge < -0.3 is 50.9 Å². The summed E-state index contributed by atoms with van der Waals surface area (Å²) < 4.78 is 62.2. The average Bonchev–Trinajstić information content (AvgIpc) is 3.71. The van der Waals surface area contributed by atoms with Gasteiger partial charge in [0.15, 0.2) is 17.7 Å². The van der Waals surface area contributed by atoms with E-state index in [1.807, 2.05) is 30.4 Å². The van der Waals surface area contributed by atoms with E-state index in [1.54, 1.807) is 0 Å². The van der Waals surface area contributed by atoms with Crippen molar-refractivity contribution < 1.29 is 80.5 Å². The number of rotatable bonds is 21. The zero-order valence-corrected chi connectivity index (χ0v) is 34.3. The highest BCUT2D eigenvalue weighted by Crippen LogP contribution is 2.61. The van der Waals surface area contributed by atoms with Gasteiger partial charge in [-0.1, -0.05) is 56.0 Å². The summed E-state index contributed by atoms with van der Waals surface area (Å²) in [4.78, 5) is 87.7. The molecule has 1 aliphatic heterocycles. The number of carbonyl (C=O) groups is 3. The second kappa shape index (κ2) is 20.4. The molecule has 322 valence electrons. The molecule has 1 aliphatic carbocycles. The van der Waals surface area contributed by atoms with E-state index in [0.717, 1.165) is 35.4 Å². The summed E-state index contributed by atoms with van der Waals surface area (Å²) in [6.45, 7) is 0.463. The summed E-state index contributed by atoms with van der Waals surface area (Å²) in [5.41, 5.74) is 4.26. The number of phosphoric acid groups is 3. The van der Waals surface area contributed by atoms with Gasteiger partial charge in [-0.2, -0.15) is 4.31 Å². The number of aromatic nitrogens is 4. The van der Waals surface area contributed by atoms with Gasteiger partial charge in [-0.15, -0.1) is 0 Å². The number of hydrogen-bond donors (Lipinski definition) is 9. The van der Waals surface area contributed by atoms with Gasteiger partial charge in [-0.25, -0.2) is 28.6 Å². The predicted molar refractivity (Wildman–Crippen MR) is 203 cm³/mol. The van der Waals surface area contributed by atoms with Gasteiger partial charge in [-0.05, 0) is 18.4 Å². The van der Waals surface area contributed by atoms with E-state index < -0.39 is 84.6 Å². The normalized spacial score (nSPS) is 23.8. The SMILES string of the molecule is CC(C)(COP(=O)(O)OP(=O)(O)OC[C@H]1O[C@@H](n2cnc3c(N)ncnc32)[C@H](O)[C@@H]1OP(=O)(O)O)[C@@H](O)C(=O)NCCC(=O)NCCSC(=O)C=CC1C=CC=CC1. The van der Waals surface area contributed by atoms with Gasteiger partial charge in [0.2, 0.25) is 16.9 Å². The number of allylic oxidation sites excluding steroid dienone is 5. The Hall–Kier alpha value is -3.22. The van der Waals surface area contributed by atoms with Crippen LogP contribution in [0.15, 0.2) is 49.1 Å². The van der Waals surface area contributed by atoms with E-state index in [9.17, 15) is 57.9 Å². The van der Waals surface area contributed by atoms with Gasteiger partial charge in [0.25, 0.3) is 0 Å². The maximum absolute atomic E-state index is 12.7. The first-order valence-electron chi connectivity index (χ1n) is 17.1. The second-order valence-corrected chi connectivity index (χ2v) is 18.6. The standard InChI is InChI=1S/C30H44N7O17P3S/c1-30(2,25(41)28(42)33-11-10-20(38)32-12-13-58-21(39)9-8-18-6-4-3-5-7-18)15-51-57(48,49)54-56(46,47)50-14-19-24(53-55(43,44)45)23(40)29(52-19)37-17-36-22-26(31)34-16-35-27(22)37/h3-6,8-9,16-19,23-25,29,40-41H,7,10-15H2,1-2H3,(H,32,38)(H,33,42)(H,46,47)(H,48,49)(H2,31,34,35)(H2,43,44,45)/t18?,19-,23-,24-,25+,29-/m1/s1. The van der Waals surface area contributed by atoms with Crippen LogP contribution in [0.4, 0.5) is 5.82 Å². The quantitative estimate of drug-likeness (QED) is 0.0464. The number of nitrogens with two attached hydrogens (primary N) is 1. The smallest absolute Gasteiger partial charge is 0.386 e. The summed E-state index contributed by atoms with van der Waals surface area (Å²) in [7, 11) is -16.4. The van der Waals surface area contributed by atoms with Gasteiger partial charge in [0.05, 0.1) is 19.5 Å². The Morgan fingerprint density at radius 1 is 1.09 bits per heavy atom. The molecule has 0 spiro atoms. The lowest BCUT2D eigenvalue weighted by molar-refractivity contribution is -0.137. The lowest BCUT2D eigenvalue weighted by Gasteiger charge is -2.30. The maximum atomic E-state index is 12.7. The highest BCUT2D eigenvalue weighted by Gasteiger charge is 2.50. The van der Waals surface area contributed by atoms with Gasteiger partial charge in [0.1, 0.15) is 36.3 Å². The molecule has 10 N–H and O–H groups in total. The largest absolute Gasteiger partial charge is 0.481 e. The molecule has 28 heteroatoms. The zero-order valence-electron chi connectivity index (χ0n) is 30.8. The van der Waals surface area contributed by atoms with Crippen LogP contribution >= 0.6 is 35.2 Å². The van der Waals surface area contributed by atoms with E-state index >= 15 is 0 Å². The first-order valence-corrected chi connectivity index (χ1v) is 22.7. The van der Waals surface area contributed by atoms with E-state index in [0.29, 0.717) is 5.75 Å². The number of thioether (sulfide) groups is 1. The molecule has 1 saturated heterocycles. The molecule has 24 nitrogen and oxygen atoms in total. The lowest BCUT2D eigenvalue weighted by atomic mass is 9.87. The Morgan fingerprint density at radius 3 is 2.50 bits per heavy atom. The molecular formula is C30H44N7O17P3S. The zero-order chi connectivity index (χ0) is 42.9. The van der Waals surface area contributed by atoms with Crippen LogP contribution < -0.4 is 16.4 Å². The third-order valence-corrected chi connectivity index (χ3v) is 12.2. The fourth-order valence-corrected chi connectivity index (χ4v) is 8.68. The molecule has 58 heavy (non-hydrogen) atoms. The first kappa shape index (κ1) is 47.5. The van der Waals surface area contributed by atoms with Crippen molar-refractivity contribution in [2.45, 2.75) is 57.3 Å². The van der Waals surface area contributed by atoms with Crippen molar-refractivity contribution in [1.82, 2.24) is 30.2 Å². The van der Waals surface area contributed by atoms with Crippen LogP contribution in [-0.4, -0.2) is 123 Å². The molecule has 2 amide bonds. The number of ether oxygens (including phenoxy) is 1. The number of nitrogen functional groups attached to an aromatic ring is 1. The maximum Gasteiger partial charge on any atom is 0.481 e. The van der Waals surface area contributed by atoms with Crippen molar-refractivity contribution in [2.24, 2.45) is 11.3 Å². The highest BCUT2D eigenvalue weighted by atomic mass is 32.2. The molecule has 0 bridgehead atoms. The Labute approximate surface area is 334 Å². The van der Waals surface area contributed by atoms with E-state index in [-0.39, 0.29) is 47.5 Å². The summed E-state index contributed by atoms with van der Waals surface area (Å²) in [6, 6.07) is 0. The van der Waals surface area contributed by atoms with Crippen molar-refractivity contribution >= 4 is 69.1 Å². The fourth-order valence-electron chi connectivity index (χ4n) is 5.27. The topological polar surface area (TPSA) is 364 Å². The van der Waals surface area contributed by atoms with Crippen LogP contribution in [0.5, 0.6) is 0 Å². The highest BCUT2D eigenvalue weighted by molar-refractivity contribution is 8.14. The Balaban J connectivity index is 1.21. The number of fused-ring (bicyclic) bond motifs is 1. The number of nitrogens with one attached hydrogen (secondary N) is 2. The molecular weight excluding hydrogens is 855 g/mol. The van der Waals surface area contributed by atoms with Crippen molar-refractivity contribution in [3.63, 3.8) is 0 Å². The molecule has 0 aromatic carbocycles. The van der Waals surface area contributed by atoms with Crippen molar-refractivity contribution in [3.05, 3.63) is 49.1 Å². The number of amides is 2. The molecule has 2 aromatic rings. The van der Waals surface area contributed by atoms with E-state index in [4.69, 9.17) is 19.5 Å². The number of aliphatic hydroxyl groups is 2. The Morgan fingerprint density at radius 2 is 1.81 bits per heavy atom. The number of anilines is 1. The van der Waals surface area contributed by atoms with Crippen LogP contribution in [0.3, 0.4) is 0 Å². The second-order valence-electron chi connectivity index (χ2n) is 13.3. The minimum Gasteiger partial charge on any atom is -0.386 e. The number of imidazole rings is 1. The summed E-state index contributed by atoms with van der Waals surface area (Å²) in [5.74, 6) is -0.993. The summed E-state index contributed by atoms with van der Waals surface area (Å²) in [6.07, 6.45) is 4.99. The molecule has 3 heterocycles. The molecule has 4 rings (SSSR count). The number of hydrogen-bond acceptors (Lipinski definition) is 18. The molecule has 0 saturated carbocycles. The van der Waals surface area contributed by atoms with Crippen LogP contribution in [0.25, 0.3) is 11.2 Å². The molecule has 8 atom stereocenters. The Bertz CT molecular complexity index is 2030. The molecule has 2 aliphatic rings. The van der Waals surface area contributed by atoms with Crippen molar-refractivity contribution in [2.75, 3.05) is 37.8 Å². The lowest BCUT2D eigenvalue weighted by Crippen LogP contribution is -2.46.